The molecule has 4 atom stereocenters. The lowest BCUT2D eigenvalue weighted by molar-refractivity contribution is -0.137. The van der Waals surface area contributed by atoms with Crippen LogP contribution in [0.5, 0.6) is 0 Å². The number of aromatic amines is 1. The molecule has 6 nitrogen and oxygen atoms in total. The molecule has 2 unspecified atom stereocenters. The average molecular weight is 422 g/mol. The van der Waals surface area contributed by atoms with E-state index in [9.17, 15) is 9.59 Å². The number of unbranched alkanes of at least 4 members (excludes halogenated alkanes) is 3. The minimum Gasteiger partial charge on any atom is -0.361 e. The topological polar surface area (TPSA) is 74.4 Å². The van der Waals surface area contributed by atoms with Gasteiger partial charge in [0.05, 0.1) is 24.5 Å². The van der Waals surface area contributed by atoms with Gasteiger partial charge in [0.15, 0.2) is 0 Å². The van der Waals surface area contributed by atoms with Gasteiger partial charge in [0.25, 0.3) is 0 Å². The van der Waals surface area contributed by atoms with Gasteiger partial charge in [-0.05, 0) is 24.5 Å². The SMILES string of the molecule is CCCCCCNC(=O)C1C2C(=O)N(CCc3c[nH]c4ccccc34)C[C@@]23C=C[C@@H]1O3. The van der Waals surface area contributed by atoms with Crippen LogP contribution < -0.4 is 5.32 Å². The zero-order valence-corrected chi connectivity index (χ0v) is 18.1. The summed E-state index contributed by atoms with van der Waals surface area (Å²) in [6, 6.07) is 8.22. The number of hydrogen-bond donors (Lipinski definition) is 2. The first kappa shape index (κ1) is 20.3. The molecule has 2 saturated heterocycles. The molecule has 2 fully saturated rings. The van der Waals surface area contributed by atoms with Crippen molar-refractivity contribution in [2.45, 2.75) is 50.7 Å². The van der Waals surface area contributed by atoms with E-state index in [1.165, 1.54) is 23.8 Å². The number of likely N-dealkylation sites (tertiary alicyclic amines) is 1. The highest BCUT2D eigenvalue weighted by molar-refractivity contribution is 5.93. The minimum absolute atomic E-state index is 0.0375. The lowest BCUT2D eigenvalue weighted by Crippen LogP contribution is -2.44. The van der Waals surface area contributed by atoms with Crippen LogP contribution >= 0.6 is 0 Å². The number of ether oxygens (including phenoxy) is 1. The van der Waals surface area contributed by atoms with Crippen molar-refractivity contribution in [2.24, 2.45) is 11.8 Å². The van der Waals surface area contributed by atoms with Crippen LogP contribution in [-0.2, 0) is 20.7 Å². The molecular weight excluding hydrogens is 390 g/mol. The van der Waals surface area contributed by atoms with Gasteiger partial charge in [-0.15, -0.1) is 0 Å². The number of amides is 2. The van der Waals surface area contributed by atoms with Gasteiger partial charge in [-0.1, -0.05) is 56.5 Å². The summed E-state index contributed by atoms with van der Waals surface area (Å²) in [4.78, 5) is 31.5. The summed E-state index contributed by atoms with van der Waals surface area (Å²) in [5, 5.41) is 4.26. The number of nitrogens with zero attached hydrogens (tertiary/aromatic N) is 1. The Balaban J connectivity index is 1.24. The predicted octanol–water partition coefficient (Wildman–Crippen LogP) is 3.19. The molecule has 1 spiro atoms. The van der Waals surface area contributed by atoms with Crippen molar-refractivity contribution < 1.29 is 14.3 Å². The Kier molecular flexibility index (Phi) is 5.34. The largest absolute Gasteiger partial charge is 0.361 e. The summed E-state index contributed by atoms with van der Waals surface area (Å²) in [5.74, 6) is -0.801. The van der Waals surface area contributed by atoms with E-state index in [-0.39, 0.29) is 17.9 Å². The monoisotopic (exact) mass is 421 g/mol. The number of fused-ring (bicyclic) bond motifs is 2. The number of carbonyl (C=O) groups excluding carboxylic acids is 2. The van der Waals surface area contributed by atoms with E-state index >= 15 is 0 Å². The number of carbonyl (C=O) groups is 2. The third kappa shape index (κ3) is 3.47. The molecule has 4 heterocycles. The first-order valence-corrected chi connectivity index (χ1v) is 11.6. The Morgan fingerprint density at radius 2 is 2.16 bits per heavy atom. The molecule has 0 radical (unpaired) electrons. The minimum atomic E-state index is -0.633. The summed E-state index contributed by atoms with van der Waals surface area (Å²) in [5.41, 5.74) is 1.69. The lowest BCUT2D eigenvalue weighted by Gasteiger charge is -2.23. The zero-order chi connectivity index (χ0) is 21.4. The highest BCUT2D eigenvalue weighted by Crippen LogP contribution is 2.51. The number of para-hydroxylation sites is 1. The molecule has 31 heavy (non-hydrogen) atoms. The third-order valence-corrected chi connectivity index (χ3v) is 7.14. The third-order valence-electron chi connectivity index (χ3n) is 7.14. The summed E-state index contributed by atoms with van der Waals surface area (Å²) in [6.07, 6.45) is 11.0. The highest BCUT2D eigenvalue weighted by Gasteiger charge is 2.66. The maximum Gasteiger partial charge on any atom is 0.230 e. The Bertz CT molecular complexity index is 1010. The van der Waals surface area contributed by atoms with Gasteiger partial charge in [0, 0.05) is 30.2 Å². The summed E-state index contributed by atoms with van der Waals surface area (Å²) in [7, 11) is 0. The van der Waals surface area contributed by atoms with Gasteiger partial charge in [0.1, 0.15) is 5.60 Å². The number of aromatic nitrogens is 1. The maximum atomic E-state index is 13.3. The number of hydrogen-bond acceptors (Lipinski definition) is 3. The van der Waals surface area contributed by atoms with Crippen LogP contribution in [0.3, 0.4) is 0 Å². The van der Waals surface area contributed by atoms with Crippen molar-refractivity contribution in [1.82, 2.24) is 15.2 Å². The molecule has 3 aliphatic heterocycles. The Morgan fingerprint density at radius 3 is 3.03 bits per heavy atom. The normalized spacial score (nSPS) is 28.6. The molecule has 6 heteroatoms. The molecule has 2 N–H and O–H groups in total. The second-order valence-electron chi connectivity index (χ2n) is 9.12. The van der Waals surface area contributed by atoms with Crippen molar-refractivity contribution >= 4 is 22.7 Å². The lowest BCUT2D eigenvalue weighted by atomic mass is 9.77. The number of rotatable bonds is 9. The van der Waals surface area contributed by atoms with E-state index < -0.39 is 17.4 Å². The van der Waals surface area contributed by atoms with Crippen molar-refractivity contribution in [3.05, 3.63) is 48.2 Å². The van der Waals surface area contributed by atoms with Crippen LogP contribution in [0, 0.1) is 11.8 Å². The van der Waals surface area contributed by atoms with Crippen LogP contribution in [0.4, 0.5) is 0 Å². The second kappa shape index (κ2) is 8.15. The fourth-order valence-electron chi connectivity index (χ4n) is 5.54. The molecule has 164 valence electrons. The van der Waals surface area contributed by atoms with Crippen LogP contribution in [0.15, 0.2) is 42.6 Å². The summed E-state index contributed by atoms with van der Waals surface area (Å²) in [6.45, 7) is 4.01. The molecule has 0 saturated carbocycles. The highest BCUT2D eigenvalue weighted by atomic mass is 16.5. The molecular formula is C25H31N3O3. The van der Waals surface area contributed by atoms with E-state index in [1.54, 1.807) is 0 Å². The first-order chi connectivity index (χ1) is 15.1. The first-order valence-electron chi connectivity index (χ1n) is 11.6. The molecule has 2 aromatic rings. The second-order valence-corrected chi connectivity index (χ2v) is 9.12. The summed E-state index contributed by atoms with van der Waals surface area (Å²) < 4.78 is 6.23. The van der Waals surface area contributed by atoms with Gasteiger partial charge in [-0.2, -0.15) is 0 Å². The number of H-pyrrole nitrogens is 1. The van der Waals surface area contributed by atoms with Crippen LogP contribution in [0.1, 0.15) is 38.2 Å². The summed E-state index contributed by atoms with van der Waals surface area (Å²) >= 11 is 0. The van der Waals surface area contributed by atoms with Crippen LogP contribution in [0.2, 0.25) is 0 Å². The van der Waals surface area contributed by atoms with E-state index in [0.717, 1.165) is 24.8 Å². The van der Waals surface area contributed by atoms with Gasteiger partial charge in [-0.3, -0.25) is 9.59 Å². The fraction of sp³-hybridized carbons (Fsp3) is 0.520. The van der Waals surface area contributed by atoms with Crippen LogP contribution in [-0.4, -0.2) is 53.0 Å². The van der Waals surface area contributed by atoms with Gasteiger partial charge < -0.3 is 19.9 Å². The molecule has 5 rings (SSSR count). The van der Waals surface area contributed by atoms with Crippen molar-refractivity contribution in [1.29, 1.82) is 0 Å². The zero-order valence-electron chi connectivity index (χ0n) is 18.1. The van der Waals surface area contributed by atoms with E-state index in [4.69, 9.17) is 4.74 Å². The van der Waals surface area contributed by atoms with E-state index in [0.29, 0.717) is 19.6 Å². The molecule has 2 bridgehead atoms. The molecule has 1 aromatic carbocycles. The average Bonchev–Trinajstić information content (AvgIpc) is 3.52. The quantitative estimate of drug-likeness (QED) is 0.482. The molecule has 1 aromatic heterocycles. The van der Waals surface area contributed by atoms with Crippen molar-refractivity contribution in [3.63, 3.8) is 0 Å². The standard InChI is InChI=1S/C25H31N3O3/c1-2-3-4-7-13-26-23(29)21-20-10-12-25(31-20)16-28(24(30)22(21)25)14-11-17-15-27-19-9-6-5-8-18(17)19/h5-6,8-10,12,15,20-22,27H,2-4,7,11,13-14,16H2,1H3,(H,26,29)/t20-,21?,22?,25-/m0/s1. The molecule has 3 aliphatic rings. The fourth-order valence-corrected chi connectivity index (χ4v) is 5.54. The maximum absolute atomic E-state index is 13.3. The van der Waals surface area contributed by atoms with Gasteiger partial charge in [-0.25, -0.2) is 0 Å². The Labute approximate surface area is 183 Å². The smallest absolute Gasteiger partial charge is 0.230 e. The van der Waals surface area contributed by atoms with E-state index in [2.05, 4.69) is 29.4 Å². The van der Waals surface area contributed by atoms with Gasteiger partial charge in [0.2, 0.25) is 11.8 Å². The Hall–Kier alpha value is -2.60. The molecule has 0 aliphatic carbocycles. The number of nitrogens with one attached hydrogen (secondary N) is 2. The van der Waals surface area contributed by atoms with Crippen LogP contribution in [0.25, 0.3) is 10.9 Å². The molecule has 2 amide bonds. The van der Waals surface area contributed by atoms with Crippen molar-refractivity contribution in [2.75, 3.05) is 19.6 Å². The predicted molar refractivity (Wildman–Crippen MR) is 119 cm³/mol. The van der Waals surface area contributed by atoms with E-state index in [1.807, 2.05) is 35.4 Å². The van der Waals surface area contributed by atoms with Crippen molar-refractivity contribution in [3.8, 4) is 0 Å². The Morgan fingerprint density at radius 1 is 1.29 bits per heavy atom. The van der Waals surface area contributed by atoms with Gasteiger partial charge >= 0.3 is 0 Å². The number of benzene rings is 1.